The van der Waals surface area contributed by atoms with Crippen molar-refractivity contribution in [3.05, 3.63) is 95.1 Å². The maximum Gasteiger partial charge on any atom is 0.490 e. The molecule has 9 nitrogen and oxygen atoms in total. The van der Waals surface area contributed by atoms with E-state index in [0.717, 1.165) is 69.4 Å². The lowest BCUT2D eigenvalue weighted by Gasteiger charge is -2.40. The number of alkyl halides is 9. The quantitative estimate of drug-likeness (QED) is 0.161. The van der Waals surface area contributed by atoms with Crippen LogP contribution in [0.5, 0.6) is 0 Å². The van der Waals surface area contributed by atoms with E-state index in [1.54, 1.807) is 25.3 Å². The third-order valence-corrected chi connectivity index (χ3v) is 11.7. The van der Waals surface area contributed by atoms with Crippen LogP contribution in [0.2, 0.25) is 0 Å². The van der Waals surface area contributed by atoms with Gasteiger partial charge in [-0.15, -0.1) is 0 Å². The summed E-state index contributed by atoms with van der Waals surface area (Å²) in [4.78, 5) is 35.4. The molecule has 3 saturated heterocycles. The number of carbonyl (C=O) groups is 2. The average molecular weight is 882 g/mol. The van der Waals surface area contributed by atoms with Crippen molar-refractivity contribution in [1.82, 2.24) is 20.1 Å². The fourth-order valence-electron chi connectivity index (χ4n) is 8.48. The molecule has 1 amide bonds. The number of aromatic nitrogens is 1. The molecule has 0 aliphatic carbocycles. The van der Waals surface area contributed by atoms with Crippen molar-refractivity contribution < 1.29 is 58.9 Å². The molecule has 2 N–H and O–H groups in total. The van der Waals surface area contributed by atoms with Crippen molar-refractivity contribution in [3.63, 3.8) is 0 Å². The third kappa shape index (κ3) is 11.5. The summed E-state index contributed by atoms with van der Waals surface area (Å²) < 4.78 is 124. The van der Waals surface area contributed by atoms with E-state index in [0.29, 0.717) is 48.7 Å². The lowest BCUT2D eigenvalue weighted by molar-refractivity contribution is -0.192. The molecule has 7 rings (SSSR count). The summed E-state index contributed by atoms with van der Waals surface area (Å²) >= 11 is 0. The number of anilines is 1. The van der Waals surface area contributed by atoms with Crippen molar-refractivity contribution in [3.8, 4) is 11.3 Å². The van der Waals surface area contributed by atoms with Gasteiger partial charge >= 0.3 is 24.5 Å². The Bertz CT molecular complexity index is 2150. The number of hydrogen-bond acceptors (Lipinski definition) is 7. The number of ether oxygens (including phenoxy) is 1. The Balaban J connectivity index is 0.000000845. The van der Waals surface area contributed by atoms with Crippen LogP contribution >= 0.6 is 0 Å². The number of benzene rings is 3. The Labute approximate surface area is 352 Å². The molecule has 0 saturated carbocycles. The number of pyridine rings is 1. The molecule has 62 heavy (non-hydrogen) atoms. The number of halogens is 9. The first-order valence-corrected chi connectivity index (χ1v) is 20.4. The number of nitrogens with one attached hydrogen (secondary N) is 1. The zero-order chi connectivity index (χ0) is 44.8. The van der Waals surface area contributed by atoms with E-state index in [-0.39, 0.29) is 35.0 Å². The smallest absolute Gasteiger partial charge is 0.475 e. The summed E-state index contributed by atoms with van der Waals surface area (Å²) in [5.41, 5.74) is 0.589. The standard InChI is InChI=1S/C42H47F6N5O2.C2HF3O2/c1-55-33-17-23-53(24-18-33)32-13-14-36-34(26-32)37(40(54)50-39(42(46,47)48)28-9-4-2-5-10-28)35(38(49-36)29-11-8-12-30(25-29)41(43,44)45)27-51-21-15-31(16-22-51)52-19-6-3-7-20-52;3-2(4,5)1(6)7/h2,4-5,8-14,25-26,31,33,39H,3,6-7,15-24,27H2,1H3,(H,50,54);(H,6,7). The van der Waals surface area contributed by atoms with Crippen molar-refractivity contribution in [2.24, 2.45) is 0 Å². The molecule has 1 unspecified atom stereocenters. The number of piperidine rings is 3. The molecule has 3 aliphatic heterocycles. The molecular weight excluding hydrogens is 833 g/mol. The molecule has 336 valence electrons. The van der Waals surface area contributed by atoms with Gasteiger partial charge in [0.25, 0.3) is 5.91 Å². The minimum atomic E-state index is -5.08. The number of nitrogens with zero attached hydrogens (tertiary/aromatic N) is 4. The Morgan fingerprint density at radius 1 is 0.806 bits per heavy atom. The van der Waals surface area contributed by atoms with Gasteiger partial charge in [0.1, 0.15) is 0 Å². The largest absolute Gasteiger partial charge is 0.490 e. The van der Waals surface area contributed by atoms with Crippen molar-refractivity contribution in [1.29, 1.82) is 0 Å². The first-order valence-electron chi connectivity index (χ1n) is 20.4. The van der Waals surface area contributed by atoms with Crippen LogP contribution in [0.25, 0.3) is 22.2 Å². The van der Waals surface area contributed by atoms with Crippen molar-refractivity contribution in [2.75, 3.05) is 51.3 Å². The zero-order valence-electron chi connectivity index (χ0n) is 33.9. The van der Waals surface area contributed by atoms with Gasteiger partial charge in [0.05, 0.1) is 28.4 Å². The van der Waals surface area contributed by atoms with Gasteiger partial charge in [0.15, 0.2) is 6.04 Å². The van der Waals surface area contributed by atoms with E-state index in [2.05, 4.69) is 20.0 Å². The second-order valence-corrected chi connectivity index (χ2v) is 15.8. The van der Waals surface area contributed by atoms with Gasteiger partial charge in [-0.3, -0.25) is 9.69 Å². The van der Waals surface area contributed by atoms with Gasteiger partial charge in [-0.05, 0) is 101 Å². The Morgan fingerprint density at radius 2 is 1.45 bits per heavy atom. The third-order valence-electron chi connectivity index (χ3n) is 11.7. The van der Waals surface area contributed by atoms with Gasteiger partial charge in [-0.1, -0.05) is 48.9 Å². The summed E-state index contributed by atoms with van der Waals surface area (Å²) in [5, 5.41) is 9.77. The van der Waals surface area contributed by atoms with E-state index in [1.807, 2.05) is 6.07 Å². The molecule has 1 aromatic heterocycles. The van der Waals surface area contributed by atoms with Crippen LogP contribution in [-0.4, -0.2) is 103 Å². The highest BCUT2D eigenvalue weighted by Gasteiger charge is 2.43. The van der Waals surface area contributed by atoms with Crippen LogP contribution in [0, 0.1) is 0 Å². The fraction of sp³-hybridized carbons (Fsp3) is 0.477. The predicted molar refractivity (Wildman–Crippen MR) is 215 cm³/mol. The van der Waals surface area contributed by atoms with E-state index in [4.69, 9.17) is 19.6 Å². The Morgan fingerprint density at radius 3 is 2.03 bits per heavy atom. The molecule has 3 aromatic carbocycles. The van der Waals surface area contributed by atoms with Crippen LogP contribution in [0.1, 0.15) is 78.0 Å². The van der Waals surface area contributed by atoms with Crippen LogP contribution in [0.15, 0.2) is 72.8 Å². The zero-order valence-corrected chi connectivity index (χ0v) is 33.9. The van der Waals surface area contributed by atoms with E-state index in [1.165, 1.54) is 42.8 Å². The number of methoxy groups -OCH3 is 1. The fourth-order valence-corrected chi connectivity index (χ4v) is 8.48. The van der Waals surface area contributed by atoms with Crippen molar-refractivity contribution >= 4 is 28.5 Å². The predicted octanol–water partition coefficient (Wildman–Crippen LogP) is 9.65. The maximum atomic E-state index is 14.8. The Kier molecular flexibility index (Phi) is 14.7. The maximum absolute atomic E-state index is 14.8. The number of amides is 1. The number of fused-ring (bicyclic) bond motifs is 1. The van der Waals surface area contributed by atoms with Gasteiger partial charge in [-0.25, -0.2) is 9.78 Å². The van der Waals surface area contributed by atoms with E-state index >= 15 is 0 Å². The first-order chi connectivity index (χ1) is 29.3. The number of likely N-dealkylation sites (tertiary alicyclic amines) is 2. The molecule has 4 heterocycles. The number of rotatable bonds is 9. The summed E-state index contributed by atoms with van der Waals surface area (Å²) in [7, 11) is 1.68. The van der Waals surface area contributed by atoms with Crippen LogP contribution < -0.4 is 10.2 Å². The number of aliphatic carboxylic acids is 1. The molecule has 3 aliphatic rings. The lowest BCUT2D eigenvalue weighted by Crippen LogP contribution is -2.46. The topological polar surface area (TPSA) is 98.2 Å². The Hall–Kier alpha value is -4.94. The SMILES string of the molecule is COC1CCN(c2ccc3nc(-c4cccc(C(F)(F)F)c4)c(CN4CCC(N5CCCCC5)CC4)c(C(=O)NC(c4ccccc4)C(F)(F)F)c3c2)CC1.O=C(O)C(F)(F)F. The molecule has 4 aromatic rings. The summed E-state index contributed by atoms with van der Waals surface area (Å²) in [6, 6.07) is 15.3. The number of hydrogen-bond donors (Lipinski definition) is 2. The van der Waals surface area contributed by atoms with E-state index < -0.39 is 42.0 Å². The highest BCUT2D eigenvalue weighted by Crippen LogP contribution is 2.39. The minimum Gasteiger partial charge on any atom is -0.475 e. The first kappa shape index (κ1) is 46.6. The summed E-state index contributed by atoms with van der Waals surface area (Å²) in [5.74, 6) is -3.73. The van der Waals surface area contributed by atoms with Crippen molar-refractivity contribution in [2.45, 2.75) is 88.2 Å². The van der Waals surface area contributed by atoms with Crippen LogP contribution in [-0.2, 0) is 22.3 Å². The summed E-state index contributed by atoms with van der Waals surface area (Å²) in [6.45, 7) is 4.88. The lowest BCUT2D eigenvalue weighted by atomic mass is 9.92. The minimum absolute atomic E-state index is 0.0191. The molecule has 0 bridgehead atoms. The molecular formula is C44H48F9N5O4. The average Bonchev–Trinajstić information content (AvgIpc) is 3.25. The van der Waals surface area contributed by atoms with E-state index in [9.17, 15) is 44.3 Å². The van der Waals surface area contributed by atoms with Gasteiger partial charge < -0.3 is 25.0 Å². The number of carboxylic acids is 1. The second kappa shape index (κ2) is 19.6. The van der Waals surface area contributed by atoms with Gasteiger partial charge in [-0.2, -0.15) is 39.5 Å². The van der Waals surface area contributed by atoms with Gasteiger partial charge in [0.2, 0.25) is 0 Å². The summed E-state index contributed by atoms with van der Waals surface area (Å²) in [6.07, 6.45) is -7.62. The molecule has 0 radical (unpaired) electrons. The van der Waals surface area contributed by atoms with Crippen LogP contribution in [0.3, 0.4) is 0 Å². The molecule has 0 spiro atoms. The molecule has 3 fully saturated rings. The van der Waals surface area contributed by atoms with Crippen LogP contribution in [0.4, 0.5) is 45.2 Å². The molecule has 1 atom stereocenters. The highest BCUT2D eigenvalue weighted by atomic mass is 19.4. The molecule has 18 heteroatoms. The highest BCUT2D eigenvalue weighted by molar-refractivity contribution is 6.10. The monoisotopic (exact) mass is 881 g/mol. The second-order valence-electron chi connectivity index (χ2n) is 15.8. The van der Waals surface area contributed by atoms with Gasteiger partial charge in [0, 0.05) is 55.0 Å². The number of carbonyl (C=O) groups excluding carboxylic acids is 1. The normalized spacial score (nSPS) is 18.3. The number of carboxylic acid groups (broad SMARTS) is 1.